The van der Waals surface area contributed by atoms with Gasteiger partial charge in [0.05, 0.1) is 6.04 Å². The lowest BCUT2D eigenvalue weighted by atomic mass is 10.1. The van der Waals surface area contributed by atoms with Crippen LogP contribution in [0.2, 0.25) is 0 Å². The zero-order valence-electron chi connectivity index (χ0n) is 10.0. The fourth-order valence-corrected chi connectivity index (χ4v) is 2.35. The Labute approximate surface area is 101 Å². The van der Waals surface area contributed by atoms with E-state index in [1.54, 1.807) is 11.3 Å². The Bertz CT molecular complexity index is 298. The number of aryl methyl sites for hydroxylation is 1. The van der Waals surface area contributed by atoms with Gasteiger partial charge in [0.15, 0.2) is 6.29 Å². The van der Waals surface area contributed by atoms with Gasteiger partial charge in [0.1, 0.15) is 0 Å². The number of hydrogen-bond donors (Lipinski definition) is 2. The van der Waals surface area contributed by atoms with Gasteiger partial charge in [-0.25, -0.2) is 5.43 Å². The van der Waals surface area contributed by atoms with Crippen LogP contribution in [0.5, 0.6) is 0 Å². The molecule has 0 saturated heterocycles. The van der Waals surface area contributed by atoms with Gasteiger partial charge in [-0.2, -0.15) is 0 Å². The molecule has 0 bridgehead atoms. The van der Waals surface area contributed by atoms with Crippen LogP contribution in [0.25, 0.3) is 0 Å². The van der Waals surface area contributed by atoms with E-state index in [-0.39, 0.29) is 12.3 Å². The highest BCUT2D eigenvalue weighted by Crippen LogP contribution is 2.26. The molecule has 0 aliphatic heterocycles. The first-order valence-corrected chi connectivity index (χ1v) is 6.35. The minimum atomic E-state index is -0.340. The molecular weight excluding hydrogens is 224 g/mol. The van der Waals surface area contributed by atoms with Crippen molar-refractivity contribution < 1.29 is 9.47 Å². The van der Waals surface area contributed by atoms with Gasteiger partial charge in [-0.15, -0.1) is 11.3 Å². The average molecular weight is 244 g/mol. The van der Waals surface area contributed by atoms with E-state index in [1.165, 1.54) is 4.88 Å². The third kappa shape index (κ3) is 3.26. The molecule has 1 heterocycles. The van der Waals surface area contributed by atoms with Gasteiger partial charge in [0, 0.05) is 18.1 Å². The van der Waals surface area contributed by atoms with Crippen LogP contribution in [0.4, 0.5) is 0 Å². The van der Waals surface area contributed by atoms with Crippen LogP contribution in [0.1, 0.15) is 30.3 Å². The number of nitrogens with one attached hydrogen (secondary N) is 1. The van der Waals surface area contributed by atoms with Gasteiger partial charge >= 0.3 is 0 Å². The molecule has 0 aliphatic rings. The zero-order chi connectivity index (χ0) is 12.0. The van der Waals surface area contributed by atoms with Crippen molar-refractivity contribution in [3.8, 4) is 0 Å². The second-order valence-electron chi connectivity index (χ2n) is 3.36. The van der Waals surface area contributed by atoms with Gasteiger partial charge in [-0.3, -0.25) is 5.84 Å². The summed E-state index contributed by atoms with van der Waals surface area (Å²) in [6.07, 6.45) is -0.340. The lowest BCUT2D eigenvalue weighted by molar-refractivity contribution is -0.155. The van der Waals surface area contributed by atoms with E-state index in [9.17, 15) is 0 Å². The SMILES string of the molecule is CCOC(OCC)C(NN)c1ccsc1C. The summed E-state index contributed by atoms with van der Waals surface area (Å²) >= 11 is 1.70. The highest BCUT2D eigenvalue weighted by molar-refractivity contribution is 7.10. The van der Waals surface area contributed by atoms with Crippen molar-refractivity contribution in [2.24, 2.45) is 5.84 Å². The van der Waals surface area contributed by atoms with E-state index in [0.29, 0.717) is 13.2 Å². The third-order valence-corrected chi connectivity index (χ3v) is 3.21. The molecule has 3 N–H and O–H groups in total. The van der Waals surface area contributed by atoms with Crippen LogP contribution in [0, 0.1) is 6.92 Å². The van der Waals surface area contributed by atoms with Gasteiger partial charge in [0.2, 0.25) is 0 Å². The normalized spacial score (nSPS) is 13.3. The fraction of sp³-hybridized carbons (Fsp3) is 0.636. The molecule has 0 saturated carbocycles. The predicted octanol–water partition coefficient (Wildman–Crippen LogP) is 1.96. The maximum atomic E-state index is 5.59. The summed E-state index contributed by atoms with van der Waals surface area (Å²) in [6, 6.07) is 1.93. The predicted molar refractivity (Wildman–Crippen MR) is 66.2 cm³/mol. The first kappa shape index (κ1) is 13.6. The molecule has 0 spiro atoms. The minimum Gasteiger partial charge on any atom is -0.351 e. The molecule has 0 aromatic carbocycles. The Morgan fingerprint density at radius 1 is 1.38 bits per heavy atom. The lowest BCUT2D eigenvalue weighted by Crippen LogP contribution is -2.39. The van der Waals surface area contributed by atoms with E-state index in [1.807, 2.05) is 19.2 Å². The molecule has 0 radical (unpaired) electrons. The van der Waals surface area contributed by atoms with Crippen molar-refractivity contribution in [3.63, 3.8) is 0 Å². The first-order chi connectivity index (χ1) is 7.74. The summed E-state index contributed by atoms with van der Waals surface area (Å²) in [5.41, 5.74) is 3.91. The van der Waals surface area contributed by atoms with Crippen LogP contribution in [-0.4, -0.2) is 19.5 Å². The summed E-state index contributed by atoms with van der Waals surface area (Å²) in [5, 5.41) is 2.05. The van der Waals surface area contributed by atoms with Gasteiger partial charge in [-0.1, -0.05) is 0 Å². The van der Waals surface area contributed by atoms with Crippen molar-refractivity contribution >= 4 is 11.3 Å². The minimum absolute atomic E-state index is 0.119. The van der Waals surface area contributed by atoms with Crippen molar-refractivity contribution in [2.45, 2.75) is 33.1 Å². The van der Waals surface area contributed by atoms with Crippen LogP contribution in [0.3, 0.4) is 0 Å². The van der Waals surface area contributed by atoms with Gasteiger partial charge in [0.25, 0.3) is 0 Å². The molecule has 0 amide bonds. The molecule has 0 aliphatic carbocycles. The van der Waals surface area contributed by atoms with Crippen LogP contribution >= 0.6 is 11.3 Å². The molecule has 4 nitrogen and oxygen atoms in total. The largest absolute Gasteiger partial charge is 0.351 e. The molecule has 1 rings (SSSR count). The lowest BCUT2D eigenvalue weighted by Gasteiger charge is -2.26. The molecule has 1 atom stereocenters. The molecular formula is C11H20N2O2S. The maximum absolute atomic E-state index is 5.59. The standard InChI is InChI=1S/C11H20N2O2S/c1-4-14-11(15-5-2)10(13-12)9-6-7-16-8(9)3/h6-7,10-11,13H,4-5,12H2,1-3H3. The summed E-state index contributed by atoms with van der Waals surface area (Å²) in [5.74, 6) is 5.59. The van der Waals surface area contributed by atoms with E-state index in [4.69, 9.17) is 15.3 Å². The summed E-state index contributed by atoms with van der Waals surface area (Å²) in [6.45, 7) is 7.16. The molecule has 0 fully saturated rings. The molecule has 1 unspecified atom stereocenters. The van der Waals surface area contributed by atoms with Gasteiger partial charge in [-0.05, 0) is 37.8 Å². The average Bonchev–Trinajstić information content (AvgIpc) is 2.67. The van der Waals surface area contributed by atoms with Crippen LogP contribution < -0.4 is 11.3 Å². The van der Waals surface area contributed by atoms with E-state index in [2.05, 4.69) is 18.4 Å². The third-order valence-electron chi connectivity index (χ3n) is 2.35. The number of nitrogens with two attached hydrogens (primary N) is 1. The van der Waals surface area contributed by atoms with Crippen molar-refractivity contribution in [3.05, 3.63) is 21.9 Å². The molecule has 1 aromatic rings. The topological polar surface area (TPSA) is 56.5 Å². The Balaban J connectivity index is 2.81. The number of hydrazine groups is 1. The maximum Gasteiger partial charge on any atom is 0.178 e. The van der Waals surface area contributed by atoms with Crippen molar-refractivity contribution in [1.82, 2.24) is 5.43 Å². The highest BCUT2D eigenvalue weighted by Gasteiger charge is 2.24. The number of thiophene rings is 1. The van der Waals surface area contributed by atoms with E-state index in [0.717, 1.165) is 5.56 Å². The second-order valence-corrected chi connectivity index (χ2v) is 4.48. The van der Waals surface area contributed by atoms with Gasteiger partial charge < -0.3 is 9.47 Å². The summed E-state index contributed by atoms with van der Waals surface area (Å²) in [4.78, 5) is 1.23. The molecule has 5 heteroatoms. The summed E-state index contributed by atoms with van der Waals surface area (Å²) < 4.78 is 11.1. The molecule has 92 valence electrons. The summed E-state index contributed by atoms with van der Waals surface area (Å²) in [7, 11) is 0. The first-order valence-electron chi connectivity index (χ1n) is 5.47. The Kier molecular flexibility index (Phi) is 5.94. The zero-order valence-corrected chi connectivity index (χ0v) is 10.8. The second kappa shape index (κ2) is 6.98. The van der Waals surface area contributed by atoms with E-state index < -0.39 is 0 Å². The van der Waals surface area contributed by atoms with Crippen LogP contribution in [0.15, 0.2) is 11.4 Å². The number of ether oxygens (including phenoxy) is 2. The number of hydrogen-bond acceptors (Lipinski definition) is 5. The van der Waals surface area contributed by atoms with Crippen molar-refractivity contribution in [2.75, 3.05) is 13.2 Å². The monoisotopic (exact) mass is 244 g/mol. The quantitative estimate of drug-likeness (QED) is 0.437. The Morgan fingerprint density at radius 2 is 2.00 bits per heavy atom. The van der Waals surface area contributed by atoms with E-state index >= 15 is 0 Å². The number of rotatable bonds is 7. The Morgan fingerprint density at radius 3 is 2.38 bits per heavy atom. The Hall–Kier alpha value is -0.460. The van der Waals surface area contributed by atoms with Crippen LogP contribution in [-0.2, 0) is 9.47 Å². The highest BCUT2D eigenvalue weighted by atomic mass is 32.1. The molecule has 1 aromatic heterocycles. The fourth-order valence-electron chi connectivity index (χ4n) is 1.60. The smallest absolute Gasteiger partial charge is 0.178 e. The molecule has 16 heavy (non-hydrogen) atoms. The van der Waals surface area contributed by atoms with Crippen molar-refractivity contribution in [1.29, 1.82) is 0 Å².